The summed E-state index contributed by atoms with van der Waals surface area (Å²) in [5.41, 5.74) is 5.68. The van der Waals surface area contributed by atoms with Gasteiger partial charge in [0.2, 0.25) is 0 Å². The fraction of sp³-hybridized carbons (Fsp3) is 0.467. The first-order chi connectivity index (χ1) is 9.40. The van der Waals surface area contributed by atoms with Crippen LogP contribution in [-0.4, -0.2) is 24.7 Å². The van der Waals surface area contributed by atoms with E-state index in [2.05, 4.69) is 16.8 Å². The summed E-state index contributed by atoms with van der Waals surface area (Å²) < 4.78 is 10.1. The average molecular weight is 276 g/mol. The molecule has 0 bridgehead atoms. The van der Waals surface area contributed by atoms with Crippen molar-refractivity contribution >= 4 is 11.8 Å². The maximum atomic E-state index is 11.7. The number of carbonyl (C=O) groups is 1. The first kappa shape index (κ1) is 15.8. The minimum atomic E-state index is -0.649. The summed E-state index contributed by atoms with van der Waals surface area (Å²) >= 11 is 0. The van der Waals surface area contributed by atoms with Crippen molar-refractivity contribution in [1.82, 2.24) is 4.98 Å². The van der Waals surface area contributed by atoms with Crippen LogP contribution < -0.4 is 10.5 Å². The highest BCUT2D eigenvalue weighted by atomic mass is 16.5. The van der Waals surface area contributed by atoms with E-state index in [-0.39, 0.29) is 5.97 Å². The van der Waals surface area contributed by atoms with Gasteiger partial charge in [-0.15, -0.1) is 0 Å². The molecular formula is C15H20N2O3. The maximum absolute atomic E-state index is 11.7. The van der Waals surface area contributed by atoms with E-state index in [0.29, 0.717) is 30.2 Å². The second-order valence-corrected chi connectivity index (χ2v) is 4.89. The second kappa shape index (κ2) is 6.80. The number of carbonyl (C=O) groups excluding carboxylic acids is 1. The van der Waals surface area contributed by atoms with Gasteiger partial charge in [0.05, 0.1) is 30.9 Å². The van der Waals surface area contributed by atoms with Gasteiger partial charge in [-0.1, -0.05) is 11.8 Å². The van der Waals surface area contributed by atoms with E-state index in [9.17, 15) is 4.79 Å². The molecule has 5 heteroatoms. The van der Waals surface area contributed by atoms with Crippen LogP contribution in [0.1, 0.15) is 32.8 Å². The molecule has 0 radical (unpaired) electrons. The van der Waals surface area contributed by atoms with Gasteiger partial charge in [0.1, 0.15) is 11.6 Å². The van der Waals surface area contributed by atoms with Crippen molar-refractivity contribution in [3.63, 3.8) is 0 Å². The van der Waals surface area contributed by atoms with Crippen LogP contribution in [0.2, 0.25) is 0 Å². The van der Waals surface area contributed by atoms with Crippen LogP contribution in [0.15, 0.2) is 12.3 Å². The molecule has 0 aliphatic rings. The Labute approximate surface area is 119 Å². The maximum Gasteiger partial charge on any atom is 0.312 e. The Morgan fingerprint density at radius 3 is 2.80 bits per heavy atom. The van der Waals surface area contributed by atoms with Crippen LogP contribution in [0.3, 0.4) is 0 Å². The normalized spacial score (nSPS) is 10.4. The van der Waals surface area contributed by atoms with Gasteiger partial charge < -0.3 is 15.2 Å². The fourth-order valence-corrected chi connectivity index (χ4v) is 1.43. The van der Waals surface area contributed by atoms with Gasteiger partial charge in [-0.3, -0.25) is 4.79 Å². The lowest BCUT2D eigenvalue weighted by atomic mass is 9.90. The van der Waals surface area contributed by atoms with Gasteiger partial charge in [0.25, 0.3) is 0 Å². The van der Waals surface area contributed by atoms with Gasteiger partial charge in [0, 0.05) is 12.5 Å². The summed E-state index contributed by atoms with van der Waals surface area (Å²) in [7, 11) is 1.55. The number of ether oxygens (including phenoxy) is 2. The third-order valence-electron chi connectivity index (χ3n) is 2.71. The molecule has 1 aromatic heterocycles. The van der Waals surface area contributed by atoms with Crippen LogP contribution in [0.5, 0.6) is 5.75 Å². The van der Waals surface area contributed by atoms with Gasteiger partial charge in [-0.05, 0) is 20.8 Å². The van der Waals surface area contributed by atoms with E-state index >= 15 is 0 Å². The molecule has 0 amide bonds. The number of methoxy groups -OCH3 is 1. The van der Waals surface area contributed by atoms with Crippen molar-refractivity contribution in [2.24, 2.45) is 5.41 Å². The average Bonchev–Trinajstić information content (AvgIpc) is 2.41. The molecule has 1 aromatic rings. The molecule has 0 saturated carbocycles. The van der Waals surface area contributed by atoms with E-state index < -0.39 is 5.41 Å². The molecule has 0 aromatic carbocycles. The number of esters is 1. The molecule has 108 valence electrons. The summed E-state index contributed by atoms with van der Waals surface area (Å²) in [6, 6.07) is 1.71. The lowest BCUT2D eigenvalue weighted by molar-refractivity contribution is -0.153. The third-order valence-corrected chi connectivity index (χ3v) is 2.71. The van der Waals surface area contributed by atoms with Gasteiger partial charge in [0.15, 0.2) is 0 Å². The van der Waals surface area contributed by atoms with Crippen LogP contribution in [0.25, 0.3) is 0 Å². The first-order valence-corrected chi connectivity index (χ1v) is 6.36. The Morgan fingerprint density at radius 1 is 1.50 bits per heavy atom. The fourth-order valence-electron chi connectivity index (χ4n) is 1.43. The molecule has 0 saturated heterocycles. The molecule has 20 heavy (non-hydrogen) atoms. The molecule has 5 nitrogen and oxygen atoms in total. The number of hydrogen-bond donors (Lipinski definition) is 1. The molecule has 0 spiro atoms. The monoisotopic (exact) mass is 276 g/mol. The quantitative estimate of drug-likeness (QED) is 0.672. The summed E-state index contributed by atoms with van der Waals surface area (Å²) in [6.45, 7) is 5.74. The predicted octanol–water partition coefficient (Wildman–Crippen LogP) is 2.00. The zero-order valence-corrected chi connectivity index (χ0v) is 12.3. The molecule has 0 aliphatic heterocycles. The number of aromatic nitrogens is 1. The van der Waals surface area contributed by atoms with Crippen molar-refractivity contribution < 1.29 is 14.3 Å². The number of rotatable bonds is 4. The second-order valence-electron chi connectivity index (χ2n) is 4.89. The summed E-state index contributed by atoms with van der Waals surface area (Å²) in [5.74, 6) is 6.54. The highest BCUT2D eigenvalue weighted by molar-refractivity contribution is 5.76. The number of anilines is 1. The SMILES string of the molecule is CCOC(=O)C(C)(C)CC#Cc1cc(OC)cnc1N. The largest absolute Gasteiger partial charge is 0.495 e. The summed E-state index contributed by atoms with van der Waals surface area (Å²) in [6.07, 6.45) is 1.91. The van der Waals surface area contributed by atoms with Gasteiger partial charge in [-0.2, -0.15) is 0 Å². The topological polar surface area (TPSA) is 74.4 Å². The number of hydrogen-bond acceptors (Lipinski definition) is 5. The zero-order valence-electron chi connectivity index (χ0n) is 12.3. The molecule has 1 rings (SSSR count). The van der Waals surface area contributed by atoms with Crippen LogP contribution in [-0.2, 0) is 9.53 Å². The van der Waals surface area contributed by atoms with Crippen LogP contribution in [0, 0.1) is 17.3 Å². The predicted molar refractivity (Wildman–Crippen MR) is 77.1 cm³/mol. The standard InChI is InChI=1S/C15H20N2O3/c1-5-20-14(18)15(2,3)8-6-7-11-9-12(19-4)10-17-13(11)16/h9-10H,5,8H2,1-4H3,(H2,16,17). The Bertz CT molecular complexity index is 542. The van der Waals surface area contributed by atoms with Crippen LogP contribution >= 0.6 is 0 Å². The van der Waals surface area contributed by atoms with E-state index in [0.717, 1.165) is 0 Å². The molecule has 1 heterocycles. The highest BCUT2D eigenvalue weighted by Crippen LogP contribution is 2.22. The van der Waals surface area contributed by atoms with E-state index in [1.807, 2.05) is 0 Å². The Kier molecular flexibility index (Phi) is 5.39. The molecule has 0 aliphatic carbocycles. The minimum Gasteiger partial charge on any atom is -0.495 e. The van der Waals surface area contributed by atoms with Crippen molar-refractivity contribution in [3.05, 3.63) is 17.8 Å². The number of nitrogens with zero attached hydrogens (tertiary/aromatic N) is 1. The molecule has 0 atom stereocenters. The highest BCUT2D eigenvalue weighted by Gasteiger charge is 2.27. The van der Waals surface area contributed by atoms with E-state index in [4.69, 9.17) is 15.2 Å². The first-order valence-electron chi connectivity index (χ1n) is 6.36. The van der Waals surface area contributed by atoms with E-state index in [1.54, 1.807) is 33.9 Å². The molecular weight excluding hydrogens is 256 g/mol. The lowest BCUT2D eigenvalue weighted by Gasteiger charge is -2.18. The number of nitrogen functional groups attached to an aromatic ring is 1. The lowest BCUT2D eigenvalue weighted by Crippen LogP contribution is -2.26. The summed E-state index contributed by atoms with van der Waals surface area (Å²) in [4.78, 5) is 15.7. The molecule has 0 fully saturated rings. The van der Waals surface area contributed by atoms with Gasteiger partial charge in [-0.25, -0.2) is 4.98 Å². The van der Waals surface area contributed by atoms with Crippen LogP contribution in [0.4, 0.5) is 5.82 Å². The Morgan fingerprint density at radius 2 is 2.20 bits per heavy atom. The molecule has 0 unspecified atom stereocenters. The Balaban J connectivity index is 2.82. The van der Waals surface area contributed by atoms with Gasteiger partial charge >= 0.3 is 5.97 Å². The summed E-state index contributed by atoms with van der Waals surface area (Å²) in [5, 5.41) is 0. The van der Waals surface area contributed by atoms with Crippen molar-refractivity contribution in [1.29, 1.82) is 0 Å². The van der Waals surface area contributed by atoms with E-state index in [1.165, 1.54) is 6.20 Å². The van der Waals surface area contributed by atoms with Crippen molar-refractivity contribution in [3.8, 4) is 17.6 Å². The van der Waals surface area contributed by atoms with Crippen molar-refractivity contribution in [2.75, 3.05) is 19.5 Å². The third kappa shape index (κ3) is 4.16. The molecule has 2 N–H and O–H groups in total. The number of nitrogens with two attached hydrogens (primary N) is 1. The minimum absolute atomic E-state index is 0.258. The Hall–Kier alpha value is -2.22. The smallest absolute Gasteiger partial charge is 0.312 e. The van der Waals surface area contributed by atoms with Crippen molar-refractivity contribution in [2.45, 2.75) is 27.2 Å². The number of pyridine rings is 1. The zero-order chi connectivity index (χ0) is 15.2.